The van der Waals surface area contributed by atoms with Gasteiger partial charge in [-0.1, -0.05) is 6.92 Å². The fraction of sp³-hybridized carbons (Fsp3) is 0.667. The molecule has 6 heteroatoms. The topological polar surface area (TPSA) is 44.2 Å². The molecule has 0 saturated carbocycles. The van der Waals surface area contributed by atoms with Crippen molar-refractivity contribution in [2.75, 3.05) is 0 Å². The molecule has 0 aliphatic carbocycles. The first-order chi connectivity index (χ1) is 8.11. The standard InChI is InChI=1S/C12H24N2O2Si2/c1-8-10-9-13-12(16-18(5,6)7)14-11(10)15-17(2,3)4/h9H,8H2,1-7H3. The van der Waals surface area contributed by atoms with Gasteiger partial charge in [0, 0.05) is 11.8 Å². The molecular formula is C12H24N2O2Si2. The number of nitrogens with zero attached hydrogens (tertiary/aromatic N) is 2. The van der Waals surface area contributed by atoms with E-state index in [2.05, 4.69) is 56.2 Å². The lowest BCUT2D eigenvalue weighted by atomic mass is 10.2. The third kappa shape index (κ3) is 5.18. The van der Waals surface area contributed by atoms with E-state index in [-0.39, 0.29) is 0 Å². The van der Waals surface area contributed by atoms with Crippen LogP contribution < -0.4 is 8.85 Å². The molecular weight excluding hydrogens is 260 g/mol. The van der Waals surface area contributed by atoms with E-state index in [0.717, 1.165) is 12.0 Å². The first kappa shape index (κ1) is 15.2. The minimum atomic E-state index is -1.68. The summed E-state index contributed by atoms with van der Waals surface area (Å²) in [5, 5.41) is 0. The maximum absolute atomic E-state index is 6.00. The average molecular weight is 285 g/mol. The zero-order valence-electron chi connectivity index (χ0n) is 12.5. The zero-order valence-corrected chi connectivity index (χ0v) is 14.5. The molecule has 1 rings (SSSR count). The molecule has 0 aromatic carbocycles. The van der Waals surface area contributed by atoms with Gasteiger partial charge in [0.05, 0.1) is 0 Å². The Labute approximate surface area is 112 Å². The molecule has 0 bridgehead atoms. The van der Waals surface area contributed by atoms with Gasteiger partial charge in [0.2, 0.25) is 22.5 Å². The van der Waals surface area contributed by atoms with Crippen LogP contribution in [0.5, 0.6) is 11.9 Å². The lowest BCUT2D eigenvalue weighted by Gasteiger charge is -2.22. The Hall–Kier alpha value is -0.886. The quantitative estimate of drug-likeness (QED) is 0.777. The van der Waals surface area contributed by atoms with Gasteiger partial charge in [0.1, 0.15) is 0 Å². The number of aryl methyl sites for hydroxylation is 1. The maximum atomic E-state index is 6.00. The van der Waals surface area contributed by atoms with E-state index < -0.39 is 16.6 Å². The van der Waals surface area contributed by atoms with Crippen LogP contribution >= 0.6 is 0 Å². The molecule has 0 atom stereocenters. The van der Waals surface area contributed by atoms with Crippen LogP contribution in [-0.2, 0) is 6.42 Å². The number of hydrogen-bond acceptors (Lipinski definition) is 4. The molecule has 1 heterocycles. The molecule has 0 radical (unpaired) electrons. The third-order valence-corrected chi connectivity index (χ3v) is 3.58. The van der Waals surface area contributed by atoms with Crippen LogP contribution in [0.3, 0.4) is 0 Å². The lowest BCUT2D eigenvalue weighted by Crippen LogP contribution is -2.32. The van der Waals surface area contributed by atoms with Crippen molar-refractivity contribution in [3.63, 3.8) is 0 Å². The van der Waals surface area contributed by atoms with E-state index in [1.807, 2.05) is 6.20 Å². The number of hydrogen-bond donors (Lipinski definition) is 0. The highest BCUT2D eigenvalue weighted by molar-refractivity contribution is 6.70. The normalized spacial score (nSPS) is 12.4. The second-order valence-electron chi connectivity index (χ2n) is 6.27. The van der Waals surface area contributed by atoms with Crippen LogP contribution in [0.4, 0.5) is 0 Å². The Balaban J connectivity index is 3.02. The van der Waals surface area contributed by atoms with Gasteiger partial charge in [0.15, 0.2) is 0 Å². The van der Waals surface area contributed by atoms with Gasteiger partial charge < -0.3 is 8.85 Å². The van der Waals surface area contributed by atoms with E-state index >= 15 is 0 Å². The summed E-state index contributed by atoms with van der Waals surface area (Å²) in [6.07, 6.45) is 2.69. The summed E-state index contributed by atoms with van der Waals surface area (Å²) in [5.74, 6) is 0.694. The highest BCUT2D eigenvalue weighted by atomic mass is 28.4. The highest BCUT2D eigenvalue weighted by Gasteiger charge is 2.22. The maximum Gasteiger partial charge on any atom is 0.305 e. The predicted molar refractivity (Wildman–Crippen MR) is 79.4 cm³/mol. The van der Waals surface area contributed by atoms with Gasteiger partial charge in [-0.3, -0.25) is 0 Å². The van der Waals surface area contributed by atoms with Crippen molar-refractivity contribution in [2.24, 2.45) is 0 Å². The van der Waals surface area contributed by atoms with Gasteiger partial charge in [-0.25, -0.2) is 4.98 Å². The molecule has 0 aliphatic rings. The van der Waals surface area contributed by atoms with Crippen LogP contribution in [-0.4, -0.2) is 26.6 Å². The van der Waals surface area contributed by atoms with Gasteiger partial charge in [-0.05, 0) is 45.7 Å². The summed E-state index contributed by atoms with van der Waals surface area (Å²) in [5.41, 5.74) is 1.04. The van der Waals surface area contributed by atoms with E-state index in [1.165, 1.54) is 0 Å². The van der Waals surface area contributed by atoms with Crippen LogP contribution in [0.25, 0.3) is 0 Å². The van der Waals surface area contributed by atoms with Crippen molar-refractivity contribution in [3.05, 3.63) is 11.8 Å². The molecule has 0 spiro atoms. The van der Waals surface area contributed by atoms with Gasteiger partial charge in [-0.15, -0.1) is 0 Å². The zero-order chi connectivity index (χ0) is 14.0. The smallest absolute Gasteiger partial charge is 0.305 e. The Kier molecular flexibility index (Phi) is 4.55. The second-order valence-corrected chi connectivity index (χ2v) is 15.1. The predicted octanol–water partition coefficient (Wildman–Crippen LogP) is 3.47. The molecule has 0 saturated heterocycles. The molecule has 0 fully saturated rings. The summed E-state index contributed by atoms with van der Waals surface area (Å²) >= 11 is 0. The summed E-state index contributed by atoms with van der Waals surface area (Å²) in [7, 11) is -3.34. The highest BCUT2D eigenvalue weighted by Crippen LogP contribution is 2.22. The molecule has 0 unspecified atom stereocenters. The van der Waals surface area contributed by atoms with Gasteiger partial charge in [0.25, 0.3) is 0 Å². The Morgan fingerprint density at radius 1 is 1.00 bits per heavy atom. The van der Waals surface area contributed by atoms with Crippen molar-refractivity contribution in [2.45, 2.75) is 52.6 Å². The molecule has 1 aromatic heterocycles. The second kappa shape index (κ2) is 5.40. The minimum Gasteiger partial charge on any atom is -0.531 e. The van der Waals surface area contributed by atoms with Crippen molar-refractivity contribution < 1.29 is 8.85 Å². The summed E-state index contributed by atoms with van der Waals surface area (Å²) in [4.78, 5) is 8.69. The van der Waals surface area contributed by atoms with Crippen molar-refractivity contribution in [3.8, 4) is 11.9 Å². The monoisotopic (exact) mass is 284 g/mol. The largest absolute Gasteiger partial charge is 0.531 e. The van der Waals surface area contributed by atoms with Crippen LogP contribution in [0.15, 0.2) is 6.20 Å². The Morgan fingerprint density at radius 2 is 1.56 bits per heavy atom. The SMILES string of the molecule is CCc1cnc(O[Si](C)(C)C)nc1O[Si](C)(C)C. The summed E-state index contributed by atoms with van der Waals surface area (Å²) in [6, 6.07) is 0.444. The first-order valence-corrected chi connectivity index (χ1v) is 13.2. The van der Waals surface area contributed by atoms with E-state index in [1.54, 1.807) is 0 Å². The average Bonchev–Trinajstić information content (AvgIpc) is 2.12. The molecule has 0 aliphatic heterocycles. The van der Waals surface area contributed by atoms with E-state index in [4.69, 9.17) is 8.85 Å². The minimum absolute atomic E-state index is 0.444. The Bertz CT molecular complexity index is 412. The number of rotatable bonds is 5. The van der Waals surface area contributed by atoms with Crippen LogP contribution in [0, 0.1) is 0 Å². The molecule has 0 N–H and O–H groups in total. The molecule has 1 aromatic rings. The number of aromatic nitrogens is 2. The van der Waals surface area contributed by atoms with Crippen LogP contribution in [0.2, 0.25) is 39.3 Å². The fourth-order valence-electron chi connectivity index (χ4n) is 1.32. The summed E-state index contributed by atoms with van der Waals surface area (Å²) in [6.45, 7) is 14.9. The van der Waals surface area contributed by atoms with Crippen molar-refractivity contribution in [1.29, 1.82) is 0 Å². The van der Waals surface area contributed by atoms with Crippen molar-refractivity contribution >= 4 is 16.6 Å². The molecule has 18 heavy (non-hydrogen) atoms. The van der Waals surface area contributed by atoms with Crippen molar-refractivity contribution in [1.82, 2.24) is 9.97 Å². The molecule has 102 valence electrons. The van der Waals surface area contributed by atoms with Gasteiger partial charge >= 0.3 is 6.01 Å². The molecule has 4 nitrogen and oxygen atoms in total. The lowest BCUT2D eigenvalue weighted by molar-refractivity contribution is 0.471. The van der Waals surface area contributed by atoms with Crippen LogP contribution in [0.1, 0.15) is 12.5 Å². The van der Waals surface area contributed by atoms with Gasteiger partial charge in [-0.2, -0.15) is 4.98 Å². The van der Waals surface area contributed by atoms with E-state index in [9.17, 15) is 0 Å². The molecule has 0 amide bonds. The Morgan fingerprint density at radius 3 is 2.00 bits per heavy atom. The third-order valence-electron chi connectivity index (χ3n) is 1.98. The summed E-state index contributed by atoms with van der Waals surface area (Å²) < 4.78 is 11.8. The van der Waals surface area contributed by atoms with E-state index in [0.29, 0.717) is 11.9 Å². The first-order valence-electron chi connectivity index (χ1n) is 6.34. The fourth-order valence-corrected chi connectivity index (χ4v) is 2.72.